The van der Waals surface area contributed by atoms with Crippen LogP contribution in [0.3, 0.4) is 0 Å². The molecule has 0 bridgehead atoms. The first-order chi connectivity index (χ1) is 12.8. The van der Waals surface area contributed by atoms with E-state index in [2.05, 4.69) is 0 Å². The fraction of sp³-hybridized carbons (Fsp3) is 0.529. The van der Waals surface area contributed by atoms with Crippen molar-refractivity contribution in [2.75, 3.05) is 0 Å². The molecule has 158 valence electrons. The van der Waals surface area contributed by atoms with Gasteiger partial charge in [0.05, 0.1) is 10.5 Å². The molecule has 1 heterocycles. The lowest BCUT2D eigenvalue weighted by atomic mass is 10.0. The summed E-state index contributed by atoms with van der Waals surface area (Å²) in [6.07, 6.45) is 4.75. The molecule has 0 radical (unpaired) electrons. The van der Waals surface area contributed by atoms with Crippen molar-refractivity contribution < 1.29 is 39.3 Å². The Hall–Kier alpha value is -1.33. The van der Waals surface area contributed by atoms with E-state index < -0.39 is 31.6 Å². The molecule has 1 atom stereocenters. The minimum Gasteiger partial charge on any atom is -0.741 e. The van der Waals surface area contributed by atoms with Crippen LogP contribution in [0.25, 0.3) is 10.1 Å². The summed E-state index contributed by atoms with van der Waals surface area (Å²) in [6.45, 7) is 2.00. The predicted molar refractivity (Wildman–Crippen MR) is 94.1 cm³/mol. The molecule has 1 aromatic carbocycles. The summed E-state index contributed by atoms with van der Waals surface area (Å²) in [5.41, 5.74) is -8.75. The lowest BCUT2D eigenvalue weighted by Crippen LogP contribution is -2.21. The van der Waals surface area contributed by atoms with Gasteiger partial charge in [-0.15, -0.1) is 13.2 Å². The quantitative estimate of drug-likeness (QED) is 0.233. The SMILES string of the molecule is CCc1cccc2c1cc(C1CCCC1)[s+]2C(F)(F)F.O=S(=O)([O-])C(F)(F)F. The van der Waals surface area contributed by atoms with Gasteiger partial charge in [-0.1, -0.05) is 31.9 Å². The second-order valence-corrected chi connectivity index (χ2v) is 9.72. The van der Waals surface area contributed by atoms with Crippen molar-refractivity contribution >= 4 is 30.7 Å². The molecule has 1 aliphatic rings. The number of fused-ring (bicyclic) bond motifs is 1. The van der Waals surface area contributed by atoms with Gasteiger partial charge in [-0.05, 0) is 30.9 Å². The zero-order chi connectivity index (χ0) is 21.3. The summed E-state index contributed by atoms with van der Waals surface area (Å²) < 4.78 is 100. The van der Waals surface area contributed by atoms with Gasteiger partial charge in [0.1, 0.15) is 0 Å². The first-order valence-electron chi connectivity index (χ1n) is 8.44. The van der Waals surface area contributed by atoms with Gasteiger partial charge in [0, 0.05) is 17.4 Å². The molecular formula is C17H18F6O3S2. The van der Waals surface area contributed by atoms with Crippen LogP contribution in [0.4, 0.5) is 26.3 Å². The van der Waals surface area contributed by atoms with Gasteiger partial charge in [0.2, 0.25) is 0 Å². The second-order valence-electron chi connectivity index (χ2n) is 6.36. The van der Waals surface area contributed by atoms with Crippen LogP contribution >= 0.6 is 10.5 Å². The monoisotopic (exact) mass is 448 g/mol. The molecule has 0 saturated heterocycles. The van der Waals surface area contributed by atoms with E-state index >= 15 is 0 Å². The van der Waals surface area contributed by atoms with Crippen LogP contribution < -0.4 is 0 Å². The van der Waals surface area contributed by atoms with Gasteiger partial charge in [-0.3, -0.25) is 0 Å². The van der Waals surface area contributed by atoms with Gasteiger partial charge in [-0.25, -0.2) is 8.42 Å². The molecule has 2 aromatic rings. The summed E-state index contributed by atoms with van der Waals surface area (Å²) in [5.74, 6) is 0.136. The third kappa shape index (κ3) is 4.98. The van der Waals surface area contributed by atoms with Crippen molar-refractivity contribution in [3.8, 4) is 0 Å². The van der Waals surface area contributed by atoms with E-state index in [0.717, 1.165) is 43.1 Å². The average molecular weight is 448 g/mol. The Morgan fingerprint density at radius 1 is 1.11 bits per heavy atom. The van der Waals surface area contributed by atoms with E-state index in [-0.39, 0.29) is 5.92 Å². The molecule has 1 aliphatic carbocycles. The van der Waals surface area contributed by atoms with E-state index in [1.165, 1.54) is 0 Å². The van der Waals surface area contributed by atoms with Crippen LogP contribution in [0.2, 0.25) is 0 Å². The highest BCUT2D eigenvalue weighted by molar-refractivity contribution is 7.86. The Kier molecular flexibility index (Phi) is 6.72. The van der Waals surface area contributed by atoms with Crippen LogP contribution in [0.15, 0.2) is 24.3 Å². The van der Waals surface area contributed by atoms with Gasteiger partial charge in [-0.2, -0.15) is 13.2 Å². The van der Waals surface area contributed by atoms with Gasteiger partial charge in [0.15, 0.2) is 19.7 Å². The molecule has 3 nitrogen and oxygen atoms in total. The van der Waals surface area contributed by atoms with Crippen molar-refractivity contribution in [2.24, 2.45) is 0 Å². The van der Waals surface area contributed by atoms with E-state index in [0.29, 0.717) is 9.58 Å². The number of alkyl halides is 6. The summed E-state index contributed by atoms with van der Waals surface area (Å²) in [6, 6.07) is 7.25. The molecule has 28 heavy (non-hydrogen) atoms. The van der Waals surface area contributed by atoms with E-state index in [9.17, 15) is 26.3 Å². The molecule has 1 saturated carbocycles. The van der Waals surface area contributed by atoms with Crippen LogP contribution in [0.5, 0.6) is 0 Å². The van der Waals surface area contributed by atoms with E-state index in [1.54, 1.807) is 12.1 Å². The number of hydrogen-bond acceptors (Lipinski definition) is 3. The Morgan fingerprint density at radius 3 is 2.07 bits per heavy atom. The maximum atomic E-state index is 13.6. The van der Waals surface area contributed by atoms with Gasteiger partial charge < -0.3 is 4.55 Å². The predicted octanol–water partition coefficient (Wildman–Crippen LogP) is 6.34. The normalized spacial score (nSPS) is 16.9. The van der Waals surface area contributed by atoms with Crippen molar-refractivity contribution in [2.45, 2.75) is 56.0 Å². The fourth-order valence-corrected chi connectivity index (χ4v) is 5.52. The highest BCUT2D eigenvalue weighted by Crippen LogP contribution is 2.55. The summed E-state index contributed by atoms with van der Waals surface area (Å²) in [4.78, 5) is 0.644. The Labute approximate surface area is 161 Å². The van der Waals surface area contributed by atoms with Crippen molar-refractivity contribution in [1.82, 2.24) is 0 Å². The zero-order valence-corrected chi connectivity index (χ0v) is 16.4. The molecule has 0 spiro atoms. The van der Waals surface area contributed by atoms with E-state index in [4.69, 9.17) is 13.0 Å². The topological polar surface area (TPSA) is 57.2 Å². The van der Waals surface area contributed by atoms with Gasteiger partial charge >= 0.3 is 11.0 Å². The molecular weight excluding hydrogens is 430 g/mol. The first kappa shape index (κ1) is 23.0. The number of benzene rings is 1. The Morgan fingerprint density at radius 2 is 1.64 bits per heavy atom. The number of aryl methyl sites for hydroxylation is 1. The lowest BCUT2D eigenvalue weighted by molar-refractivity contribution is -0.0868. The molecule has 1 unspecified atom stereocenters. The summed E-state index contributed by atoms with van der Waals surface area (Å²) in [5, 5.41) is 0.845. The van der Waals surface area contributed by atoms with Crippen LogP contribution in [0, 0.1) is 0 Å². The van der Waals surface area contributed by atoms with Crippen LogP contribution in [0.1, 0.15) is 49.0 Å². The molecule has 3 rings (SSSR count). The lowest BCUT2D eigenvalue weighted by Gasteiger charge is -2.08. The van der Waals surface area contributed by atoms with Crippen molar-refractivity contribution in [3.05, 3.63) is 34.7 Å². The van der Waals surface area contributed by atoms with Crippen molar-refractivity contribution in [1.29, 1.82) is 0 Å². The minimum absolute atomic E-state index is 0.136. The summed E-state index contributed by atoms with van der Waals surface area (Å²) in [7, 11) is -7.79. The standard InChI is InChI=1S/C16H18F3S.CHF3O3S/c1-2-11-8-5-9-14-13(11)10-15(12-6-3-4-7-12)20(14)16(17,18)19;2-1(3,4)8(5,6)7/h5,8-10,12H,2-4,6-7H2,1H3;(H,5,6,7)/q+1;/p-1. The maximum absolute atomic E-state index is 13.6. The molecule has 0 N–H and O–H groups in total. The number of hydrogen-bond donors (Lipinski definition) is 0. The van der Waals surface area contributed by atoms with Crippen molar-refractivity contribution in [3.63, 3.8) is 0 Å². The fourth-order valence-electron chi connectivity index (χ4n) is 3.32. The molecule has 0 amide bonds. The molecule has 11 heteroatoms. The molecule has 1 fully saturated rings. The molecule has 0 aliphatic heterocycles. The van der Waals surface area contributed by atoms with Gasteiger partial charge in [0.25, 0.3) is 0 Å². The third-order valence-electron chi connectivity index (χ3n) is 4.55. The Bertz CT molecular complexity index is 923. The average Bonchev–Trinajstić information content (AvgIpc) is 3.19. The van der Waals surface area contributed by atoms with Crippen LogP contribution in [-0.4, -0.2) is 18.5 Å². The van der Waals surface area contributed by atoms with Crippen LogP contribution in [-0.2, 0) is 22.0 Å². The number of rotatable bonds is 2. The highest BCUT2D eigenvalue weighted by atomic mass is 32.2. The largest absolute Gasteiger partial charge is 0.741 e. The Balaban J connectivity index is 0.000000300. The van der Waals surface area contributed by atoms with E-state index in [1.807, 2.05) is 19.1 Å². The smallest absolute Gasteiger partial charge is 0.600 e. The maximum Gasteiger partial charge on any atom is 0.600 e. The minimum atomic E-state index is -6.09. The number of thiophene rings is 1. The third-order valence-corrected chi connectivity index (χ3v) is 7.30. The first-order valence-corrected chi connectivity index (χ1v) is 11.1. The molecule has 1 aromatic heterocycles. The highest BCUT2D eigenvalue weighted by Gasteiger charge is 2.49. The zero-order valence-electron chi connectivity index (χ0n) is 14.7. The summed E-state index contributed by atoms with van der Waals surface area (Å²) >= 11 is 0. The number of halogens is 6. The second kappa shape index (κ2) is 8.19.